The Kier molecular flexibility index (Phi) is 9.15. The number of hydrogen-bond donors (Lipinski definition) is 2. The van der Waals surface area contributed by atoms with Crippen molar-refractivity contribution in [3.05, 3.63) is 89.1 Å². The number of esters is 1. The lowest BCUT2D eigenvalue weighted by Gasteiger charge is -2.24. The summed E-state index contributed by atoms with van der Waals surface area (Å²) in [5.74, 6) is -1.99. The van der Waals surface area contributed by atoms with Crippen molar-refractivity contribution in [2.24, 2.45) is 5.92 Å². The van der Waals surface area contributed by atoms with E-state index < -0.39 is 42.0 Å². The summed E-state index contributed by atoms with van der Waals surface area (Å²) in [6.45, 7) is 5.12. The van der Waals surface area contributed by atoms with Crippen molar-refractivity contribution in [2.75, 3.05) is 6.61 Å². The first-order valence-corrected chi connectivity index (χ1v) is 13.5. The van der Waals surface area contributed by atoms with Gasteiger partial charge in [0, 0.05) is 6.42 Å². The van der Waals surface area contributed by atoms with E-state index in [1.165, 1.54) is 17.2 Å². The molecule has 0 spiro atoms. The van der Waals surface area contributed by atoms with Crippen LogP contribution in [0.25, 0.3) is 16.7 Å². The highest BCUT2D eigenvalue weighted by molar-refractivity contribution is 5.91. The highest BCUT2D eigenvalue weighted by Crippen LogP contribution is 2.13. The van der Waals surface area contributed by atoms with Gasteiger partial charge in [0.05, 0.1) is 18.5 Å². The Morgan fingerprint density at radius 3 is 2.37 bits per heavy atom. The van der Waals surface area contributed by atoms with Crippen molar-refractivity contribution in [1.82, 2.24) is 30.0 Å². The third kappa shape index (κ3) is 7.44. The molecule has 0 aliphatic heterocycles. The van der Waals surface area contributed by atoms with Crippen LogP contribution >= 0.6 is 0 Å². The van der Waals surface area contributed by atoms with Gasteiger partial charge in [0.1, 0.15) is 30.3 Å². The first kappa shape index (κ1) is 27.8. The fraction of sp³-hybridized carbons (Fsp3) is 0.333. The van der Waals surface area contributed by atoms with Gasteiger partial charge in [-0.15, -0.1) is 0 Å². The van der Waals surface area contributed by atoms with Gasteiger partial charge in [-0.25, -0.2) is 14.5 Å². The average Bonchev–Trinajstić information content (AvgIpc) is 3.42. The molecule has 2 heterocycles. The summed E-state index contributed by atoms with van der Waals surface area (Å²) in [4.78, 5) is 56.9. The quantitative estimate of drug-likeness (QED) is 0.254. The number of benzene rings is 2. The standard InChI is InChI=1S/C30H34N6O5/c1-4-41-30(40)25(15-20(2)3)34-28(38)24(16-21-11-7-5-8-12-21)33-26(37)18-35-19-31-27-23(29(35)39)17-32-36(27)22-13-9-6-10-14-22/h5-14,17,19-20,24-25H,4,15-16,18H2,1-3H3,(H,33,37)(H,34,38)/t24-,25-/m0/s1/i/hD. The minimum atomic E-state index is -1.28. The first-order chi connectivity index (χ1) is 20.2. The maximum Gasteiger partial charge on any atom is 0.328 e. The molecular formula is C30H34N6O5. The minimum absolute atomic E-state index is 0.0230. The van der Waals surface area contributed by atoms with Crippen LogP contribution in [0.4, 0.5) is 0 Å². The summed E-state index contributed by atoms with van der Waals surface area (Å²) >= 11 is 0. The summed E-state index contributed by atoms with van der Waals surface area (Å²) in [5, 5.41) is 7.72. The minimum Gasteiger partial charge on any atom is -0.464 e. The molecule has 2 amide bonds. The lowest BCUT2D eigenvalue weighted by atomic mass is 10.0. The van der Waals surface area contributed by atoms with Gasteiger partial charge in [-0.3, -0.25) is 19.0 Å². The van der Waals surface area contributed by atoms with Gasteiger partial charge in [-0.05, 0) is 37.0 Å². The van der Waals surface area contributed by atoms with Crippen molar-refractivity contribution in [1.29, 1.82) is 0 Å². The number of aromatic nitrogens is 4. The fourth-order valence-electron chi connectivity index (χ4n) is 4.41. The Morgan fingerprint density at radius 1 is 1.02 bits per heavy atom. The Hall–Kier alpha value is -4.80. The molecule has 2 aromatic carbocycles. The molecule has 2 atom stereocenters. The average molecular weight is 560 g/mol. The third-order valence-corrected chi connectivity index (χ3v) is 6.33. The molecule has 2 N–H and O–H groups in total. The molecule has 4 rings (SSSR count). The van der Waals surface area contributed by atoms with Crippen LogP contribution in [0.5, 0.6) is 0 Å². The Balaban J connectivity index is 1.58. The maximum absolute atomic E-state index is 13.5. The number of ether oxygens (including phenoxy) is 1. The number of carbonyl (C=O) groups excluding carboxylic acids is 3. The van der Waals surface area contributed by atoms with Gasteiger partial charge in [0.2, 0.25) is 11.8 Å². The van der Waals surface area contributed by atoms with Gasteiger partial charge in [0.15, 0.2) is 7.06 Å². The van der Waals surface area contributed by atoms with Crippen molar-refractivity contribution in [2.45, 2.75) is 52.2 Å². The predicted octanol–water partition coefficient (Wildman–Crippen LogP) is 2.40. The van der Waals surface area contributed by atoms with E-state index in [1.807, 2.05) is 50.2 Å². The number of carbonyl (C=O) groups is 3. The second-order valence-corrected chi connectivity index (χ2v) is 9.98. The number of hydrogen-bond acceptors (Lipinski definition) is 7. The summed E-state index contributed by atoms with van der Waals surface area (Å²) in [7, 11) is 0. The molecule has 4 aromatic rings. The maximum atomic E-state index is 13.5. The second kappa shape index (κ2) is 13.5. The first-order valence-electron chi connectivity index (χ1n) is 13.9. The van der Waals surface area contributed by atoms with Crippen molar-refractivity contribution >= 4 is 28.8 Å². The van der Waals surface area contributed by atoms with Crippen LogP contribution in [0.3, 0.4) is 0 Å². The zero-order valence-electron chi connectivity index (χ0n) is 24.3. The van der Waals surface area contributed by atoms with E-state index in [2.05, 4.69) is 15.4 Å². The molecule has 11 nitrogen and oxygen atoms in total. The van der Waals surface area contributed by atoms with Crippen molar-refractivity contribution in [3.63, 3.8) is 0 Å². The number of amides is 2. The van der Waals surface area contributed by atoms with E-state index in [-0.39, 0.29) is 24.3 Å². The molecule has 11 heteroatoms. The lowest BCUT2D eigenvalue weighted by molar-refractivity contribution is -0.148. The molecule has 0 unspecified atom stereocenters. The number of nitrogens with one attached hydrogen (secondary N) is 2. The molecule has 0 saturated carbocycles. The number of fused-ring (bicyclic) bond motifs is 1. The van der Waals surface area contributed by atoms with Gasteiger partial charge >= 0.3 is 5.97 Å². The van der Waals surface area contributed by atoms with E-state index in [9.17, 15) is 19.2 Å². The lowest BCUT2D eigenvalue weighted by Crippen LogP contribution is -2.53. The van der Waals surface area contributed by atoms with Crippen LogP contribution in [-0.2, 0) is 32.1 Å². The molecule has 0 aliphatic carbocycles. The molecule has 0 fully saturated rings. The number of nitrogens with zero attached hydrogens (tertiary/aromatic N) is 4. The predicted molar refractivity (Wildman–Crippen MR) is 153 cm³/mol. The zero-order chi connectivity index (χ0) is 30.2. The normalized spacial score (nSPS) is 12.9. The molecule has 214 valence electrons. The van der Waals surface area contributed by atoms with E-state index >= 15 is 0 Å². The van der Waals surface area contributed by atoms with E-state index in [0.717, 1.165) is 10.3 Å². The van der Waals surface area contributed by atoms with Crippen molar-refractivity contribution < 1.29 is 20.5 Å². The molecule has 2 aromatic heterocycles. The smallest absolute Gasteiger partial charge is 0.328 e. The van der Waals surface area contributed by atoms with Gasteiger partial charge < -0.3 is 15.4 Å². The van der Waals surface area contributed by atoms with Crippen LogP contribution in [0.15, 0.2) is 78.0 Å². The van der Waals surface area contributed by atoms with Gasteiger partial charge in [0.25, 0.3) is 5.56 Å². The van der Waals surface area contributed by atoms with Gasteiger partial charge in [-0.2, -0.15) is 5.10 Å². The zero-order valence-corrected chi connectivity index (χ0v) is 23.3. The summed E-state index contributed by atoms with van der Waals surface area (Å²) in [6, 6.07) is 15.9. The SMILES string of the molecule is [2H]N(C(=O)Cn1cnc2c(cnn2-c2ccccc2)c1=O)[C@@H](Cc1ccccc1)C(=O)N[C@@H](CC(C)C)C(=O)OCC. The second-order valence-electron chi connectivity index (χ2n) is 9.98. The summed E-state index contributed by atoms with van der Waals surface area (Å²) in [5.41, 5.74) is 1.26. The molecule has 0 saturated heterocycles. The Morgan fingerprint density at radius 2 is 1.71 bits per heavy atom. The number of para-hydroxylation sites is 1. The third-order valence-electron chi connectivity index (χ3n) is 6.33. The van der Waals surface area contributed by atoms with E-state index in [1.54, 1.807) is 31.2 Å². The summed E-state index contributed by atoms with van der Waals surface area (Å²) < 4.78 is 16.4. The largest absolute Gasteiger partial charge is 0.464 e. The highest BCUT2D eigenvalue weighted by Gasteiger charge is 2.28. The van der Waals surface area contributed by atoms with Crippen LogP contribution < -0.4 is 16.2 Å². The van der Waals surface area contributed by atoms with Crippen LogP contribution in [0.2, 0.25) is 1.41 Å². The number of rotatable bonds is 12. The Labute approximate surface area is 239 Å². The van der Waals surface area contributed by atoms with Crippen LogP contribution in [0, 0.1) is 5.92 Å². The van der Waals surface area contributed by atoms with Gasteiger partial charge in [-0.1, -0.05) is 62.4 Å². The van der Waals surface area contributed by atoms with Crippen LogP contribution in [0.1, 0.15) is 32.8 Å². The molecular weight excluding hydrogens is 524 g/mol. The van der Waals surface area contributed by atoms with E-state index in [0.29, 0.717) is 22.9 Å². The Bertz CT molecular complexity index is 1590. The molecule has 0 bridgehead atoms. The molecule has 0 radical (unpaired) electrons. The topological polar surface area (TPSA) is 137 Å². The molecule has 0 aliphatic rings. The van der Waals surface area contributed by atoms with Crippen LogP contribution in [-0.4, -0.2) is 55.8 Å². The van der Waals surface area contributed by atoms with E-state index in [4.69, 9.17) is 6.15 Å². The monoisotopic (exact) mass is 559 g/mol. The highest BCUT2D eigenvalue weighted by atomic mass is 16.5. The van der Waals surface area contributed by atoms with Crippen molar-refractivity contribution in [3.8, 4) is 5.69 Å². The fourth-order valence-corrected chi connectivity index (χ4v) is 4.41. The molecule has 41 heavy (non-hydrogen) atoms. The summed E-state index contributed by atoms with van der Waals surface area (Å²) in [6.07, 6.45) is 2.96.